The first-order chi connectivity index (χ1) is 10.2. The summed E-state index contributed by atoms with van der Waals surface area (Å²) in [5, 5.41) is 7.98. The minimum Gasteiger partial charge on any atom is -0.383 e. The number of ether oxygens (including phenoxy) is 1. The number of rotatable bonds is 8. The van der Waals surface area contributed by atoms with Crippen molar-refractivity contribution in [1.82, 2.24) is 14.7 Å². The molecule has 1 aliphatic rings. The molecule has 0 amide bonds. The Labute approximate surface area is 128 Å². The summed E-state index contributed by atoms with van der Waals surface area (Å²) in [6, 6.07) is 0.490. The second-order valence-corrected chi connectivity index (χ2v) is 6.12. The second kappa shape index (κ2) is 8.39. The van der Waals surface area contributed by atoms with E-state index in [1.54, 1.807) is 7.11 Å². The average Bonchev–Trinajstić information content (AvgIpc) is 2.93. The zero-order valence-electron chi connectivity index (χ0n) is 13.7. The predicted octanol–water partition coefficient (Wildman–Crippen LogP) is 2.45. The third-order valence-electron chi connectivity index (χ3n) is 4.34. The van der Waals surface area contributed by atoms with Crippen LogP contribution in [-0.4, -0.2) is 54.1 Å². The van der Waals surface area contributed by atoms with Gasteiger partial charge in [0.05, 0.1) is 25.0 Å². The zero-order valence-corrected chi connectivity index (χ0v) is 13.7. The molecule has 5 nitrogen and oxygen atoms in total. The van der Waals surface area contributed by atoms with Crippen molar-refractivity contribution < 1.29 is 4.74 Å². The maximum absolute atomic E-state index is 5.08. The van der Waals surface area contributed by atoms with Gasteiger partial charge >= 0.3 is 0 Å². The van der Waals surface area contributed by atoms with Gasteiger partial charge in [-0.2, -0.15) is 5.10 Å². The quantitative estimate of drug-likeness (QED) is 0.800. The van der Waals surface area contributed by atoms with Gasteiger partial charge in [0.2, 0.25) is 0 Å². The molecule has 21 heavy (non-hydrogen) atoms. The highest BCUT2D eigenvalue weighted by molar-refractivity contribution is 5.39. The maximum atomic E-state index is 5.08. The number of nitrogens with zero attached hydrogens (tertiary/aromatic N) is 3. The first-order valence-electron chi connectivity index (χ1n) is 8.23. The van der Waals surface area contributed by atoms with E-state index in [2.05, 4.69) is 35.4 Å². The van der Waals surface area contributed by atoms with Crippen molar-refractivity contribution in [3.63, 3.8) is 0 Å². The molecule has 1 N–H and O–H groups in total. The summed E-state index contributed by atoms with van der Waals surface area (Å²) in [5.41, 5.74) is 1.12. The minimum atomic E-state index is 0.490. The van der Waals surface area contributed by atoms with Crippen LogP contribution < -0.4 is 5.32 Å². The number of methoxy groups -OCH3 is 1. The van der Waals surface area contributed by atoms with Crippen LogP contribution in [0.1, 0.15) is 33.1 Å². The molecule has 0 spiro atoms. The van der Waals surface area contributed by atoms with Gasteiger partial charge in [-0.15, -0.1) is 0 Å². The standard InChI is InChI=1S/C16H30N4O/c1-4-7-19-8-5-6-15(12-19)14(2)18-16-11-17-20(13-16)9-10-21-3/h11,13-15,18H,4-10,12H2,1-3H3. The van der Waals surface area contributed by atoms with Crippen molar-refractivity contribution in [2.75, 3.05) is 38.7 Å². The van der Waals surface area contributed by atoms with Crippen molar-refractivity contribution in [3.8, 4) is 0 Å². The highest BCUT2D eigenvalue weighted by Gasteiger charge is 2.24. The van der Waals surface area contributed by atoms with E-state index in [0.717, 1.165) is 18.2 Å². The number of aromatic nitrogens is 2. The molecule has 5 heteroatoms. The molecule has 120 valence electrons. The summed E-state index contributed by atoms with van der Waals surface area (Å²) in [6.45, 7) is 9.79. The fourth-order valence-electron chi connectivity index (χ4n) is 3.14. The molecule has 1 aliphatic heterocycles. The lowest BCUT2D eigenvalue weighted by Crippen LogP contribution is -2.42. The van der Waals surface area contributed by atoms with Crippen LogP contribution in [0.5, 0.6) is 0 Å². The maximum Gasteiger partial charge on any atom is 0.0728 e. The molecule has 0 aliphatic carbocycles. The van der Waals surface area contributed by atoms with Crippen LogP contribution in [0.25, 0.3) is 0 Å². The lowest BCUT2D eigenvalue weighted by atomic mass is 9.91. The number of nitrogens with one attached hydrogen (secondary N) is 1. The summed E-state index contributed by atoms with van der Waals surface area (Å²) in [4.78, 5) is 2.61. The molecular formula is C16H30N4O. The van der Waals surface area contributed by atoms with E-state index < -0.39 is 0 Å². The van der Waals surface area contributed by atoms with Crippen molar-refractivity contribution in [3.05, 3.63) is 12.4 Å². The molecule has 1 fully saturated rings. The molecule has 0 radical (unpaired) electrons. The fourth-order valence-corrected chi connectivity index (χ4v) is 3.14. The molecule has 0 aromatic carbocycles. The second-order valence-electron chi connectivity index (χ2n) is 6.12. The Balaban J connectivity index is 1.82. The van der Waals surface area contributed by atoms with Crippen LogP contribution >= 0.6 is 0 Å². The minimum absolute atomic E-state index is 0.490. The third-order valence-corrected chi connectivity index (χ3v) is 4.34. The van der Waals surface area contributed by atoms with Gasteiger partial charge in [0.1, 0.15) is 0 Å². The monoisotopic (exact) mass is 294 g/mol. The molecule has 2 heterocycles. The van der Waals surface area contributed by atoms with Crippen LogP contribution in [0.15, 0.2) is 12.4 Å². The smallest absolute Gasteiger partial charge is 0.0728 e. The van der Waals surface area contributed by atoms with Gasteiger partial charge in [-0.05, 0) is 45.2 Å². The summed E-state index contributed by atoms with van der Waals surface area (Å²) in [5.74, 6) is 0.729. The van der Waals surface area contributed by atoms with Crippen molar-refractivity contribution >= 4 is 5.69 Å². The lowest BCUT2D eigenvalue weighted by molar-refractivity contribution is 0.165. The Morgan fingerprint density at radius 2 is 2.33 bits per heavy atom. The lowest BCUT2D eigenvalue weighted by Gasteiger charge is -2.36. The first kappa shape index (κ1) is 16.3. The largest absolute Gasteiger partial charge is 0.383 e. The first-order valence-corrected chi connectivity index (χ1v) is 8.23. The highest BCUT2D eigenvalue weighted by Crippen LogP contribution is 2.22. The summed E-state index contributed by atoms with van der Waals surface area (Å²) < 4.78 is 7.01. The van der Waals surface area contributed by atoms with Crippen LogP contribution in [0, 0.1) is 5.92 Å². The van der Waals surface area contributed by atoms with E-state index in [0.29, 0.717) is 12.6 Å². The molecule has 1 aromatic rings. The SMILES string of the molecule is CCCN1CCCC(C(C)Nc2cnn(CCOC)c2)C1. The third kappa shape index (κ3) is 5.00. The van der Waals surface area contributed by atoms with Gasteiger partial charge in [-0.1, -0.05) is 6.92 Å². The molecule has 2 rings (SSSR count). The van der Waals surface area contributed by atoms with E-state index in [-0.39, 0.29) is 0 Å². The van der Waals surface area contributed by atoms with Gasteiger partial charge in [0.25, 0.3) is 0 Å². The molecular weight excluding hydrogens is 264 g/mol. The number of likely N-dealkylation sites (tertiary alicyclic amines) is 1. The number of hydrogen-bond donors (Lipinski definition) is 1. The topological polar surface area (TPSA) is 42.3 Å². The van der Waals surface area contributed by atoms with Crippen molar-refractivity contribution in [2.45, 2.75) is 45.7 Å². The predicted molar refractivity (Wildman–Crippen MR) is 86.6 cm³/mol. The van der Waals surface area contributed by atoms with Crippen LogP contribution in [0.3, 0.4) is 0 Å². The number of hydrogen-bond acceptors (Lipinski definition) is 4. The fraction of sp³-hybridized carbons (Fsp3) is 0.812. The Morgan fingerprint density at radius 1 is 1.48 bits per heavy atom. The number of anilines is 1. The van der Waals surface area contributed by atoms with Crippen molar-refractivity contribution in [2.24, 2.45) is 5.92 Å². The van der Waals surface area contributed by atoms with E-state index in [4.69, 9.17) is 4.74 Å². The summed E-state index contributed by atoms with van der Waals surface area (Å²) in [7, 11) is 1.72. The van der Waals surface area contributed by atoms with E-state index in [1.807, 2.05) is 10.9 Å². The molecule has 1 aromatic heterocycles. The van der Waals surface area contributed by atoms with Crippen LogP contribution in [-0.2, 0) is 11.3 Å². The summed E-state index contributed by atoms with van der Waals surface area (Å²) >= 11 is 0. The van der Waals surface area contributed by atoms with Crippen molar-refractivity contribution in [1.29, 1.82) is 0 Å². The molecule has 2 unspecified atom stereocenters. The zero-order chi connectivity index (χ0) is 15.1. The Kier molecular flexibility index (Phi) is 6.51. The van der Waals surface area contributed by atoms with Crippen LogP contribution in [0.4, 0.5) is 5.69 Å². The van der Waals surface area contributed by atoms with Gasteiger partial charge in [-0.25, -0.2) is 0 Å². The molecule has 1 saturated heterocycles. The Morgan fingerprint density at radius 3 is 3.10 bits per heavy atom. The van der Waals surface area contributed by atoms with E-state index >= 15 is 0 Å². The van der Waals surface area contributed by atoms with Gasteiger partial charge < -0.3 is 15.0 Å². The molecule has 2 atom stereocenters. The van der Waals surface area contributed by atoms with Gasteiger partial charge in [-0.3, -0.25) is 4.68 Å². The van der Waals surface area contributed by atoms with E-state index in [1.165, 1.54) is 38.9 Å². The summed E-state index contributed by atoms with van der Waals surface area (Å²) in [6.07, 6.45) is 7.89. The Hall–Kier alpha value is -1.07. The van der Waals surface area contributed by atoms with Gasteiger partial charge in [0, 0.05) is 25.9 Å². The number of piperidine rings is 1. The van der Waals surface area contributed by atoms with Crippen LogP contribution in [0.2, 0.25) is 0 Å². The van der Waals surface area contributed by atoms with E-state index in [9.17, 15) is 0 Å². The normalized spacial score (nSPS) is 21.4. The van der Waals surface area contributed by atoms with Gasteiger partial charge in [0.15, 0.2) is 0 Å². The Bertz CT molecular complexity index is 405. The average molecular weight is 294 g/mol. The molecule has 0 bridgehead atoms. The highest BCUT2D eigenvalue weighted by atomic mass is 16.5. The molecule has 0 saturated carbocycles.